The summed E-state index contributed by atoms with van der Waals surface area (Å²) in [5, 5.41) is 8.14. The number of halogens is 1. The zero-order valence-corrected chi connectivity index (χ0v) is 15.4. The molecule has 1 fully saturated rings. The van der Waals surface area contributed by atoms with Gasteiger partial charge in [0.15, 0.2) is 5.11 Å². The van der Waals surface area contributed by atoms with E-state index >= 15 is 0 Å². The lowest BCUT2D eigenvalue weighted by Crippen LogP contribution is -3.09. The number of rotatable bonds is 4. The topological polar surface area (TPSA) is 28.5 Å². The molecule has 1 saturated heterocycles. The fourth-order valence-corrected chi connectivity index (χ4v) is 3.64. The molecule has 3 nitrogen and oxygen atoms in total. The maximum atomic E-state index is 6.16. The Hall–Kier alpha value is -1.62. The van der Waals surface area contributed by atoms with Gasteiger partial charge < -0.3 is 15.5 Å². The summed E-state index contributed by atoms with van der Waals surface area (Å²) in [6.07, 6.45) is 1.14. The highest BCUT2D eigenvalue weighted by Crippen LogP contribution is 2.22. The van der Waals surface area contributed by atoms with Gasteiger partial charge in [-0.05, 0) is 36.8 Å². The lowest BCUT2D eigenvalue weighted by atomic mass is 10.2. The van der Waals surface area contributed by atoms with Crippen LogP contribution in [0.4, 0.5) is 5.69 Å². The standard InChI is InChI=1S/C19H22ClN3S/c1-14-17(20)8-5-9-18(14)22-19(24)21-16-10-11-23(13-16)12-15-6-3-2-4-7-15/h2-9,16H,10-13H2,1H3,(H2,21,22,24)/p+1/t16-/m0/s1. The molecule has 1 aliphatic rings. The second-order valence-corrected chi connectivity index (χ2v) is 7.18. The van der Waals surface area contributed by atoms with Crippen molar-refractivity contribution >= 4 is 34.6 Å². The highest BCUT2D eigenvalue weighted by molar-refractivity contribution is 7.80. The van der Waals surface area contributed by atoms with Crippen LogP contribution >= 0.6 is 23.8 Å². The monoisotopic (exact) mass is 360 g/mol. The van der Waals surface area contributed by atoms with E-state index in [1.165, 1.54) is 12.1 Å². The molecule has 3 rings (SSSR count). The Bertz CT molecular complexity index is 705. The molecule has 3 N–H and O–H groups in total. The summed E-state index contributed by atoms with van der Waals surface area (Å²) >= 11 is 11.6. The third-order valence-electron chi connectivity index (χ3n) is 4.53. The maximum absolute atomic E-state index is 6.16. The second kappa shape index (κ2) is 7.97. The highest BCUT2D eigenvalue weighted by atomic mass is 35.5. The van der Waals surface area contributed by atoms with Gasteiger partial charge in [0.05, 0.1) is 19.1 Å². The van der Waals surface area contributed by atoms with Crippen molar-refractivity contribution in [1.82, 2.24) is 5.32 Å². The zero-order valence-electron chi connectivity index (χ0n) is 13.8. The van der Waals surface area contributed by atoms with E-state index in [-0.39, 0.29) is 0 Å². The maximum Gasteiger partial charge on any atom is 0.171 e. The van der Waals surface area contributed by atoms with Gasteiger partial charge in [0.2, 0.25) is 0 Å². The van der Waals surface area contributed by atoms with E-state index in [0.717, 1.165) is 35.8 Å². The molecule has 0 aliphatic carbocycles. The second-order valence-electron chi connectivity index (χ2n) is 6.36. The van der Waals surface area contributed by atoms with Gasteiger partial charge in [-0.2, -0.15) is 0 Å². The van der Waals surface area contributed by atoms with Crippen LogP contribution in [0.25, 0.3) is 0 Å². The molecule has 126 valence electrons. The van der Waals surface area contributed by atoms with Crippen molar-refractivity contribution in [2.75, 3.05) is 18.4 Å². The molecule has 24 heavy (non-hydrogen) atoms. The van der Waals surface area contributed by atoms with Gasteiger partial charge >= 0.3 is 0 Å². The Morgan fingerprint density at radius 1 is 1.21 bits per heavy atom. The molecule has 0 bridgehead atoms. The lowest BCUT2D eigenvalue weighted by molar-refractivity contribution is -0.901. The Labute approximate surface area is 154 Å². The van der Waals surface area contributed by atoms with Crippen molar-refractivity contribution < 1.29 is 4.90 Å². The van der Waals surface area contributed by atoms with Crippen molar-refractivity contribution in [3.63, 3.8) is 0 Å². The van der Waals surface area contributed by atoms with Crippen LogP contribution in [0.2, 0.25) is 5.02 Å². The Kier molecular flexibility index (Phi) is 5.72. The summed E-state index contributed by atoms with van der Waals surface area (Å²) in [6.45, 7) is 5.33. The normalized spacial score (nSPS) is 19.9. The average molecular weight is 361 g/mol. The number of quaternary nitrogens is 1. The third-order valence-corrected chi connectivity index (χ3v) is 5.16. The van der Waals surface area contributed by atoms with Crippen molar-refractivity contribution in [1.29, 1.82) is 0 Å². The number of thiocarbonyl (C=S) groups is 1. The summed E-state index contributed by atoms with van der Waals surface area (Å²) in [6, 6.07) is 16.9. The van der Waals surface area contributed by atoms with Crippen LogP contribution in [-0.4, -0.2) is 24.2 Å². The predicted molar refractivity (Wildman–Crippen MR) is 105 cm³/mol. The van der Waals surface area contributed by atoms with Crippen LogP contribution in [0.5, 0.6) is 0 Å². The Morgan fingerprint density at radius 2 is 2.00 bits per heavy atom. The first kappa shape index (κ1) is 17.2. The fourth-order valence-electron chi connectivity index (χ4n) is 3.19. The van der Waals surface area contributed by atoms with Gasteiger partial charge in [-0.1, -0.05) is 48.0 Å². The van der Waals surface area contributed by atoms with Crippen LogP contribution in [-0.2, 0) is 6.54 Å². The van der Waals surface area contributed by atoms with Crippen molar-refractivity contribution in [3.05, 3.63) is 64.7 Å². The summed E-state index contributed by atoms with van der Waals surface area (Å²) in [4.78, 5) is 1.60. The van der Waals surface area contributed by atoms with E-state index in [2.05, 4.69) is 41.0 Å². The molecule has 2 atom stereocenters. The first-order valence-electron chi connectivity index (χ1n) is 8.32. The van der Waals surface area contributed by atoms with Gasteiger partial charge in [0.1, 0.15) is 6.54 Å². The molecule has 0 aromatic heterocycles. The van der Waals surface area contributed by atoms with E-state index in [1.54, 1.807) is 4.90 Å². The van der Waals surface area contributed by atoms with Crippen molar-refractivity contribution in [2.24, 2.45) is 0 Å². The molecule has 0 radical (unpaired) electrons. The van der Waals surface area contributed by atoms with E-state index in [1.807, 2.05) is 25.1 Å². The van der Waals surface area contributed by atoms with Gasteiger partial charge in [-0.25, -0.2) is 0 Å². The van der Waals surface area contributed by atoms with Crippen LogP contribution < -0.4 is 15.5 Å². The fraction of sp³-hybridized carbons (Fsp3) is 0.316. The molecule has 0 spiro atoms. The number of benzene rings is 2. The van der Waals surface area contributed by atoms with Gasteiger partial charge in [-0.3, -0.25) is 0 Å². The minimum absolute atomic E-state index is 0.420. The SMILES string of the molecule is Cc1c(Cl)cccc1NC(=S)N[C@H]1CC[NH+](Cc2ccccc2)C1. The van der Waals surface area contributed by atoms with Crippen LogP contribution in [0.1, 0.15) is 17.5 Å². The quantitative estimate of drug-likeness (QED) is 0.732. The minimum Gasteiger partial charge on any atom is -0.354 e. The molecule has 0 amide bonds. The molecular formula is C19H23ClN3S+. The number of hydrogen-bond donors (Lipinski definition) is 3. The molecular weight excluding hydrogens is 338 g/mol. The van der Waals surface area contributed by atoms with Crippen LogP contribution in [0, 0.1) is 6.92 Å². The summed E-state index contributed by atoms with van der Waals surface area (Å²) in [5.41, 5.74) is 3.38. The smallest absolute Gasteiger partial charge is 0.171 e. The number of hydrogen-bond acceptors (Lipinski definition) is 1. The number of nitrogens with one attached hydrogen (secondary N) is 3. The number of anilines is 1. The third kappa shape index (κ3) is 4.47. The summed E-state index contributed by atoms with van der Waals surface area (Å²) in [7, 11) is 0. The summed E-state index contributed by atoms with van der Waals surface area (Å²) < 4.78 is 0. The lowest BCUT2D eigenvalue weighted by Gasteiger charge is -2.17. The largest absolute Gasteiger partial charge is 0.354 e. The van der Waals surface area contributed by atoms with Gasteiger partial charge in [0, 0.05) is 22.7 Å². The van der Waals surface area contributed by atoms with Crippen molar-refractivity contribution in [2.45, 2.75) is 25.9 Å². The highest BCUT2D eigenvalue weighted by Gasteiger charge is 2.26. The summed E-state index contributed by atoms with van der Waals surface area (Å²) in [5.74, 6) is 0. The van der Waals surface area contributed by atoms with E-state index in [0.29, 0.717) is 11.2 Å². The first-order valence-corrected chi connectivity index (χ1v) is 9.10. The molecule has 2 aromatic carbocycles. The molecule has 0 saturated carbocycles. The van der Waals surface area contributed by atoms with E-state index in [9.17, 15) is 0 Å². The predicted octanol–water partition coefficient (Wildman–Crippen LogP) is 2.79. The zero-order chi connectivity index (χ0) is 16.9. The molecule has 1 unspecified atom stereocenters. The Balaban J connectivity index is 1.50. The van der Waals surface area contributed by atoms with Crippen LogP contribution in [0.15, 0.2) is 48.5 Å². The number of likely N-dealkylation sites (tertiary alicyclic amines) is 1. The molecule has 1 aliphatic heterocycles. The Morgan fingerprint density at radius 3 is 2.79 bits per heavy atom. The van der Waals surface area contributed by atoms with Crippen molar-refractivity contribution in [3.8, 4) is 0 Å². The van der Waals surface area contributed by atoms with E-state index in [4.69, 9.17) is 23.8 Å². The minimum atomic E-state index is 0.420. The van der Waals surface area contributed by atoms with Gasteiger partial charge in [-0.15, -0.1) is 0 Å². The van der Waals surface area contributed by atoms with Crippen LogP contribution in [0.3, 0.4) is 0 Å². The molecule has 5 heteroatoms. The van der Waals surface area contributed by atoms with E-state index < -0.39 is 0 Å². The average Bonchev–Trinajstić information content (AvgIpc) is 2.99. The van der Waals surface area contributed by atoms with Gasteiger partial charge in [0.25, 0.3) is 0 Å². The molecule has 1 heterocycles. The first-order chi connectivity index (χ1) is 11.6. The molecule has 2 aromatic rings.